The summed E-state index contributed by atoms with van der Waals surface area (Å²) in [5, 5.41) is 3.39. The van der Waals surface area contributed by atoms with Gasteiger partial charge in [-0.2, -0.15) is 0 Å². The Morgan fingerprint density at radius 2 is 2.06 bits per heavy atom. The number of benzene rings is 1. The molecule has 0 spiro atoms. The van der Waals surface area contributed by atoms with E-state index in [4.69, 9.17) is 0 Å². The van der Waals surface area contributed by atoms with Gasteiger partial charge in [-0.1, -0.05) is 36.8 Å². The second-order valence-electron chi connectivity index (χ2n) is 4.59. The zero-order valence-electron chi connectivity index (χ0n) is 11.1. The van der Waals surface area contributed by atoms with Gasteiger partial charge in [0.1, 0.15) is 0 Å². The average molecular weight is 240 g/mol. The Hall–Kier alpha value is -1.67. The van der Waals surface area contributed by atoms with Crippen molar-refractivity contribution in [3.63, 3.8) is 0 Å². The summed E-state index contributed by atoms with van der Waals surface area (Å²) in [5.41, 5.74) is 5.35. The molecule has 18 heavy (non-hydrogen) atoms. The molecule has 1 N–H and O–H groups in total. The van der Waals surface area contributed by atoms with E-state index in [0.717, 1.165) is 19.5 Å². The van der Waals surface area contributed by atoms with E-state index in [0.29, 0.717) is 0 Å². The van der Waals surface area contributed by atoms with Crippen molar-refractivity contribution in [2.45, 2.75) is 26.8 Å². The first-order valence-electron chi connectivity index (χ1n) is 6.47. The van der Waals surface area contributed by atoms with E-state index in [1.807, 2.05) is 18.5 Å². The van der Waals surface area contributed by atoms with Gasteiger partial charge in [-0.25, -0.2) is 0 Å². The van der Waals surface area contributed by atoms with Crippen molar-refractivity contribution in [3.8, 4) is 0 Å². The van der Waals surface area contributed by atoms with Crippen LogP contribution in [0.4, 0.5) is 0 Å². The standard InChI is InChI=1S/C16H20N2/c1-3-17-12-15-7-6-13(2)9-16(15)10-14-5-4-8-18-11-14/h4-9,11,17H,3,10,12H2,1-2H3. The minimum Gasteiger partial charge on any atom is -0.313 e. The quantitative estimate of drug-likeness (QED) is 0.868. The lowest BCUT2D eigenvalue weighted by Gasteiger charge is -2.11. The van der Waals surface area contributed by atoms with Crippen LogP contribution >= 0.6 is 0 Å². The van der Waals surface area contributed by atoms with Crippen molar-refractivity contribution in [2.24, 2.45) is 0 Å². The molecule has 2 nitrogen and oxygen atoms in total. The van der Waals surface area contributed by atoms with Crippen LogP contribution in [0.1, 0.15) is 29.2 Å². The molecule has 1 aromatic carbocycles. The van der Waals surface area contributed by atoms with Crippen molar-refractivity contribution >= 4 is 0 Å². The third-order valence-electron chi connectivity index (χ3n) is 3.04. The van der Waals surface area contributed by atoms with Crippen LogP contribution in [0.15, 0.2) is 42.7 Å². The first kappa shape index (κ1) is 12.8. The van der Waals surface area contributed by atoms with Gasteiger partial charge in [0.2, 0.25) is 0 Å². The minimum absolute atomic E-state index is 0.937. The summed E-state index contributed by atoms with van der Waals surface area (Å²) < 4.78 is 0. The van der Waals surface area contributed by atoms with Crippen LogP contribution in [0.2, 0.25) is 0 Å². The van der Waals surface area contributed by atoms with Crippen LogP contribution in [0.25, 0.3) is 0 Å². The predicted molar refractivity (Wildman–Crippen MR) is 75.6 cm³/mol. The van der Waals surface area contributed by atoms with Crippen LogP contribution in [-0.4, -0.2) is 11.5 Å². The maximum Gasteiger partial charge on any atom is 0.0303 e. The number of rotatable bonds is 5. The summed E-state index contributed by atoms with van der Waals surface area (Å²) in [5.74, 6) is 0. The average Bonchev–Trinajstić information content (AvgIpc) is 2.39. The molecule has 0 aliphatic rings. The van der Waals surface area contributed by atoms with E-state index in [2.05, 4.69) is 48.4 Å². The smallest absolute Gasteiger partial charge is 0.0303 e. The van der Waals surface area contributed by atoms with Gasteiger partial charge in [0.25, 0.3) is 0 Å². The Morgan fingerprint density at radius 3 is 2.78 bits per heavy atom. The summed E-state index contributed by atoms with van der Waals surface area (Å²) in [4.78, 5) is 4.18. The highest BCUT2D eigenvalue weighted by atomic mass is 14.8. The Kier molecular flexibility index (Phi) is 4.48. The third kappa shape index (κ3) is 3.41. The lowest BCUT2D eigenvalue weighted by atomic mass is 9.98. The lowest BCUT2D eigenvalue weighted by molar-refractivity contribution is 0.721. The summed E-state index contributed by atoms with van der Waals surface area (Å²) in [6, 6.07) is 10.8. The zero-order valence-corrected chi connectivity index (χ0v) is 11.1. The molecule has 0 atom stereocenters. The molecule has 2 heteroatoms. The lowest BCUT2D eigenvalue weighted by Crippen LogP contribution is -2.13. The van der Waals surface area contributed by atoms with Crippen LogP contribution in [0.3, 0.4) is 0 Å². The monoisotopic (exact) mass is 240 g/mol. The minimum atomic E-state index is 0.937. The highest BCUT2D eigenvalue weighted by Gasteiger charge is 2.04. The van der Waals surface area contributed by atoms with E-state index in [9.17, 15) is 0 Å². The number of nitrogens with zero attached hydrogens (tertiary/aromatic N) is 1. The second kappa shape index (κ2) is 6.31. The molecule has 0 radical (unpaired) electrons. The second-order valence-corrected chi connectivity index (χ2v) is 4.59. The fourth-order valence-electron chi connectivity index (χ4n) is 2.07. The van der Waals surface area contributed by atoms with Gasteiger partial charge < -0.3 is 5.32 Å². The Balaban J connectivity index is 2.22. The summed E-state index contributed by atoms with van der Waals surface area (Å²) >= 11 is 0. The Bertz CT molecular complexity index is 492. The van der Waals surface area contributed by atoms with Gasteiger partial charge in [0.05, 0.1) is 0 Å². The molecule has 0 saturated carbocycles. The maximum absolute atomic E-state index is 4.18. The summed E-state index contributed by atoms with van der Waals surface area (Å²) in [6.45, 7) is 6.21. The Morgan fingerprint density at radius 1 is 1.17 bits per heavy atom. The first-order valence-corrected chi connectivity index (χ1v) is 6.47. The number of aromatic nitrogens is 1. The van der Waals surface area contributed by atoms with E-state index in [-0.39, 0.29) is 0 Å². The number of hydrogen-bond donors (Lipinski definition) is 1. The maximum atomic E-state index is 4.18. The highest BCUT2D eigenvalue weighted by molar-refractivity contribution is 5.35. The SMILES string of the molecule is CCNCc1ccc(C)cc1Cc1cccnc1. The number of hydrogen-bond acceptors (Lipinski definition) is 2. The number of nitrogens with one attached hydrogen (secondary N) is 1. The molecule has 1 aromatic heterocycles. The normalized spacial score (nSPS) is 10.6. The Labute approximate surface area is 109 Å². The van der Waals surface area contributed by atoms with E-state index in [1.54, 1.807) is 0 Å². The molecular weight excluding hydrogens is 220 g/mol. The third-order valence-corrected chi connectivity index (χ3v) is 3.04. The van der Waals surface area contributed by atoms with Gasteiger partial charge in [0.15, 0.2) is 0 Å². The molecule has 0 bridgehead atoms. The topological polar surface area (TPSA) is 24.9 Å². The molecule has 2 aromatic rings. The fourth-order valence-corrected chi connectivity index (χ4v) is 2.07. The number of aryl methyl sites for hydroxylation is 1. The summed E-state index contributed by atoms with van der Waals surface area (Å²) in [7, 11) is 0. The molecule has 0 aliphatic heterocycles. The largest absolute Gasteiger partial charge is 0.313 e. The molecule has 2 rings (SSSR count). The molecule has 0 saturated heterocycles. The fraction of sp³-hybridized carbons (Fsp3) is 0.312. The van der Waals surface area contributed by atoms with Crippen LogP contribution in [0, 0.1) is 6.92 Å². The van der Waals surface area contributed by atoms with Crippen LogP contribution in [-0.2, 0) is 13.0 Å². The molecular formula is C16H20N2. The molecule has 0 aliphatic carbocycles. The summed E-state index contributed by atoms with van der Waals surface area (Å²) in [6.07, 6.45) is 4.72. The van der Waals surface area contributed by atoms with Crippen molar-refractivity contribution in [3.05, 3.63) is 65.0 Å². The number of pyridine rings is 1. The van der Waals surface area contributed by atoms with E-state index in [1.165, 1.54) is 22.3 Å². The molecule has 0 unspecified atom stereocenters. The predicted octanol–water partition coefficient (Wildman–Crippen LogP) is 3.09. The molecule has 0 amide bonds. The molecule has 1 heterocycles. The van der Waals surface area contributed by atoms with Gasteiger partial charge in [-0.05, 0) is 42.6 Å². The van der Waals surface area contributed by atoms with E-state index >= 15 is 0 Å². The van der Waals surface area contributed by atoms with Crippen molar-refractivity contribution < 1.29 is 0 Å². The zero-order chi connectivity index (χ0) is 12.8. The van der Waals surface area contributed by atoms with Gasteiger partial charge >= 0.3 is 0 Å². The first-order chi connectivity index (χ1) is 8.79. The van der Waals surface area contributed by atoms with Gasteiger partial charge in [-0.15, -0.1) is 0 Å². The highest BCUT2D eigenvalue weighted by Crippen LogP contribution is 2.16. The van der Waals surface area contributed by atoms with E-state index < -0.39 is 0 Å². The molecule has 0 fully saturated rings. The molecule has 94 valence electrons. The van der Waals surface area contributed by atoms with Crippen molar-refractivity contribution in [1.29, 1.82) is 0 Å². The van der Waals surface area contributed by atoms with Crippen molar-refractivity contribution in [1.82, 2.24) is 10.3 Å². The van der Waals surface area contributed by atoms with Gasteiger partial charge in [-0.3, -0.25) is 4.98 Å². The van der Waals surface area contributed by atoms with Crippen LogP contribution in [0.5, 0.6) is 0 Å². The van der Waals surface area contributed by atoms with Crippen LogP contribution < -0.4 is 5.32 Å². The van der Waals surface area contributed by atoms with Crippen molar-refractivity contribution in [2.75, 3.05) is 6.54 Å². The van der Waals surface area contributed by atoms with Gasteiger partial charge in [0, 0.05) is 18.9 Å².